The van der Waals surface area contributed by atoms with Crippen LogP contribution in [-0.2, 0) is 5.41 Å². The lowest BCUT2D eigenvalue weighted by atomic mass is 9.80. The van der Waals surface area contributed by atoms with E-state index in [0.29, 0.717) is 12.1 Å². The van der Waals surface area contributed by atoms with Crippen LogP contribution >= 0.6 is 0 Å². The van der Waals surface area contributed by atoms with Crippen molar-refractivity contribution in [3.63, 3.8) is 0 Å². The second-order valence-corrected chi connectivity index (χ2v) is 8.37. The van der Waals surface area contributed by atoms with Crippen LogP contribution in [0.15, 0.2) is 24.3 Å². The summed E-state index contributed by atoms with van der Waals surface area (Å²) in [7, 11) is 0. The Morgan fingerprint density at radius 2 is 1.48 bits per heavy atom. The van der Waals surface area contributed by atoms with Gasteiger partial charge in [0.15, 0.2) is 0 Å². The monoisotopic (exact) mass is 287 g/mol. The molecule has 0 heterocycles. The third-order valence-electron chi connectivity index (χ3n) is 4.94. The summed E-state index contributed by atoms with van der Waals surface area (Å²) in [5.41, 5.74) is 3.07. The van der Waals surface area contributed by atoms with Crippen LogP contribution in [0.1, 0.15) is 78.0 Å². The van der Waals surface area contributed by atoms with Crippen LogP contribution in [0.4, 0.5) is 0 Å². The molecule has 2 rings (SSSR count). The Bertz CT molecular complexity index is 430. The molecule has 3 atom stereocenters. The van der Waals surface area contributed by atoms with Gasteiger partial charge in [-0.25, -0.2) is 0 Å². The number of hydrogen-bond donors (Lipinski definition) is 1. The number of benzene rings is 1. The summed E-state index contributed by atoms with van der Waals surface area (Å²) in [5.74, 6) is 1.73. The zero-order valence-corrected chi connectivity index (χ0v) is 14.7. The van der Waals surface area contributed by atoms with Gasteiger partial charge in [0.05, 0.1) is 0 Å². The van der Waals surface area contributed by atoms with Gasteiger partial charge >= 0.3 is 0 Å². The summed E-state index contributed by atoms with van der Waals surface area (Å²) in [6.07, 6.45) is 4.05. The zero-order valence-electron chi connectivity index (χ0n) is 14.7. The van der Waals surface area contributed by atoms with Gasteiger partial charge in [-0.05, 0) is 54.6 Å². The molecule has 0 aromatic heterocycles. The fourth-order valence-corrected chi connectivity index (χ4v) is 3.80. The van der Waals surface area contributed by atoms with Crippen molar-refractivity contribution in [2.45, 2.75) is 78.3 Å². The molecule has 1 aromatic rings. The summed E-state index contributed by atoms with van der Waals surface area (Å²) in [4.78, 5) is 0. The van der Waals surface area contributed by atoms with Crippen LogP contribution in [0.3, 0.4) is 0 Å². The van der Waals surface area contributed by atoms with Gasteiger partial charge in [-0.1, -0.05) is 58.9 Å². The van der Waals surface area contributed by atoms with Gasteiger partial charge in [0.25, 0.3) is 0 Å². The summed E-state index contributed by atoms with van der Waals surface area (Å²) in [6.45, 7) is 13.9. The first kappa shape index (κ1) is 16.5. The molecule has 1 nitrogen and oxygen atoms in total. The molecule has 0 aliphatic heterocycles. The minimum absolute atomic E-state index is 0.240. The summed E-state index contributed by atoms with van der Waals surface area (Å²) in [5, 5.41) is 3.85. The molecule has 1 saturated carbocycles. The predicted molar refractivity (Wildman–Crippen MR) is 92.7 cm³/mol. The van der Waals surface area contributed by atoms with E-state index in [9.17, 15) is 0 Å². The predicted octanol–water partition coefficient (Wildman–Crippen LogP) is 5.46. The van der Waals surface area contributed by atoms with Crippen molar-refractivity contribution in [1.82, 2.24) is 5.32 Å². The molecule has 0 saturated heterocycles. The molecule has 1 aromatic carbocycles. The fourth-order valence-electron chi connectivity index (χ4n) is 3.80. The molecule has 0 radical (unpaired) electrons. The van der Waals surface area contributed by atoms with Gasteiger partial charge < -0.3 is 5.32 Å². The fraction of sp³-hybridized carbons (Fsp3) is 0.700. The minimum atomic E-state index is 0.240. The van der Waals surface area contributed by atoms with Crippen molar-refractivity contribution in [3.05, 3.63) is 35.4 Å². The molecule has 1 aliphatic carbocycles. The molecule has 0 bridgehead atoms. The van der Waals surface area contributed by atoms with E-state index in [1.54, 1.807) is 0 Å². The number of nitrogens with one attached hydrogen (secondary N) is 1. The van der Waals surface area contributed by atoms with Crippen LogP contribution < -0.4 is 5.32 Å². The molecular formula is C20H33N. The Hall–Kier alpha value is -0.820. The standard InChI is InChI=1S/C20H33N/c1-14-11-15(2)13-19(12-14)21-16(3)17-7-9-18(10-8-17)20(4,5)6/h7-10,14-16,19,21H,11-13H2,1-6H3. The average molecular weight is 287 g/mol. The highest BCUT2D eigenvalue weighted by Gasteiger charge is 2.25. The van der Waals surface area contributed by atoms with Crippen molar-refractivity contribution >= 4 is 0 Å². The average Bonchev–Trinajstić information content (AvgIpc) is 2.36. The molecule has 1 N–H and O–H groups in total. The van der Waals surface area contributed by atoms with Crippen LogP contribution in [0, 0.1) is 11.8 Å². The maximum atomic E-state index is 3.85. The first-order valence-electron chi connectivity index (χ1n) is 8.62. The van der Waals surface area contributed by atoms with E-state index in [0.717, 1.165) is 11.8 Å². The SMILES string of the molecule is CC1CC(C)CC(NC(C)c2ccc(C(C)(C)C)cc2)C1. The third-order valence-corrected chi connectivity index (χ3v) is 4.94. The highest BCUT2D eigenvalue weighted by Crippen LogP contribution is 2.30. The van der Waals surface area contributed by atoms with E-state index in [2.05, 4.69) is 71.1 Å². The zero-order chi connectivity index (χ0) is 15.6. The molecule has 0 amide bonds. The Morgan fingerprint density at radius 3 is 1.95 bits per heavy atom. The molecule has 21 heavy (non-hydrogen) atoms. The maximum Gasteiger partial charge on any atom is 0.0294 e. The van der Waals surface area contributed by atoms with Gasteiger partial charge in [-0.15, -0.1) is 0 Å². The molecule has 0 spiro atoms. The first-order valence-corrected chi connectivity index (χ1v) is 8.62. The molecule has 118 valence electrons. The summed E-state index contributed by atoms with van der Waals surface area (Å²) >= 11 is 0. The summed E-state index contributed by atoms with van der Waals surface area (Å²) in [6, 6.07) is 10.3. The topological polar surface area (TPSA) is 12.0 Å². The van der Waals surface area contributed by atoms with E-state index in [1.165, 1.54) is 30.4 Å². The first-order chi connectivity index (χ1) is 9.75. The lowest BCUT2D eigenvalue weighted by Crippen LogP contribution is -2.37. The normalized spacial score (nSPS) is 28.4. The van der Waals surface area contributed by atoms with Crippen LogP contribution in [-0.4, -0.2) is 6.04 Å². The third kappa shape index (κ3) is 4.57. The molecule has 3 unspecified atom stereocenters. The number of hydrogen-bond acceptors (Lipinski definition) is 1. The minimum Gasteiger partial charge on any atom is -0.307 e. The van der Waals surface area contributed by atoms with Gasteiger partial charge in [0.1, 0.15) is 0 Å². The highest BCUT2D eigenvalue weighted by atomic mass is 14.9. The molecular weight excluding hydrogens is 254 g/mol. The van der Waals surface area contributed by atoms with Crippen molar-refractivity contribution in [2.75, 3.05) is 0 Å². The maximum absolute atomic E-state index is 3.85. The van der Waals surface area contributed by atoms with Crippen LogP contribution in [0.2, 0.25) is 0 Å². The van der Waals surface area contributed by atoms with Crippen LogP contribution in [0.5, 0.6) is 0 Å². The second-order valence-electron chi connectivity index (χ2n) is 8.37. The Morgan fingerprint density at radius 1 is 0.952 bits per heavy atom. The van der Waals surface area contributed by atoms with E-state index in [4.69, 9.17) is 0 Å². The van der Waals surface area contributed by atoms with Gasteiger partial charge in [0, 0.05) is 12.1 Å². The van der Waals surface area contributed by atoms with Crippen molar-refractivity contribution in [2.24, 2.45) is 11.8 Å². The number of rotatable bonds is 3. The Kier molecular flexibility index (Phi) is 5.14. The Labute approximate surface area is 131 Å². The van der Waals surface area contributed by atoms with Gasteiger partial charge in [-0.3, -0.25) is 0 Å². The summed E-state index contributed by atoms with van der Waals surface area (Å²) < 4.78 is 0. The largest absolute Gasteiger partial charge is 0.307 e. The van der Waals surface area contributed by atoms with Crippen molar-refractivity contribution in [1.29, 1.82) is 0 Å². The van der Waals surface area contributed by atoms with Crippen molar-refractivity contribution in [3.8, 4) is 0 Å². The molecule has 1 heteroatoms. The molecule has 1 fully saturated rings. The van der Waals surface area contributed by atoms with E-state index < -0.39 is 0 Å². The lowest BCUT2D eigenvalue weighted by Gasteiger charge is -2.34. The second kappa shape index (κ2) is 6.52. The lowest BCUT2D eigenvalue weighted by molar-refractivity contribution is 0.228. The quantitative estimate of drug-likeness (QED) is 0.778. The van der Waals surface area contributed by atoms with E-state index >= 15 is 0 Å². The van der Waals surface area contributed by atoms with Gasteiger partial charge in [-0.2, -0.15) is 0 Å². The van der Waals surface area contributed by atoms with E-state index in [-0.39, 0.29) is 5.41 Å². The smallest absolute Gasteiger partial charge is 0.0294 e. The van der Waals surface area contributed by atoms with Gasteiger partial charge in [0.2, 0.25) is 0 Å². The van der Waals surface area contributed by atoms with Crippen LogP contribution in [0.25, 0.3) is 0 Å². The molecule has 1 aliphatic rings. The Balaban J connectivity index is 1.98. The van der Waals surface area contributed by atoms with E-state index in [1.807, 2.05) is 0 Å². The van der Waals surface area contributed by atoms with Crippen molar-refractivity contribution < 1.29 is 0 Å². The highest BCUT2D eigenvalue weighted by molar-refractivity contribution is 5.29.